The minimum atomic E-state index is 0.0992. The van der Waals surface area contributed by atoms with E-state index >= 15 is 0 Å². The van der Waals surface area contributed by atoms with Crippen LogP contribution in [0.25, 0.3) is 0 Å². The molecule has 3 nitrogen and oxygen atoms in total. The van der Waals surface area contributed by atoms with Crippen molar-refractivity contribution in [3.8, 4) is 0 Å². The minimum Gasteiger partial charge on any atom is -0.394 e. The Morgan fingerprint density at radius 1 is 1.07 bits per heavy atom. The van der Waals surface area contributed by atoms with E-state index in [0.717, 1.165) is 26.3 Å². The highest BCUT2D eigenvalue weighted by Gasteiger charge is 2.37. The molecule has 1 heterocycles. The zero-order valence-corrected chi connectivity index (χ0v) is 8.87. The third-order valence-corrected chi connectivity index (χ3v) is 3.76. The van der Waals surface area contributed by atoms with Crippen molar-refractivity contribution in [2.45, 2.75) is 37.6 Å². The van der Waals surface area contributed by atoms with Crippen LogP contribution in [-0.4, -0.2) is 48.5 Å². The van der Waals surface area contributed by atoms with Crippen molar-refractivity contribution in [1.29, 1.82) is 0 Å². The van der Waals surface area contributed by atoms with Gasteiger partial charge in [0.1, 0.15) is 0 Å². The Kier molecular flexibility index (Phi) is 3.42. The summed E-state index contributed by atoms with van der Waals surface area (Å²) < 4.78 is 5.36. The van der Waals surface area contributed by atoms with Gasteiger partial charge in [-0.3, -0.25) is 4.90 Å². The Balaban J connectivity index is 2.01. The second-order valence-corrected chi connectivity index (χ2v) is 4.54. The standard InChI is InChI=1S/C11H21NO2/c13-10-11(4-2-1-3-5-11)12-6-8-14-9-7-12/h13H,1-10H2. The maximum atomic E-state index is 9.61. The largest absolute Gasteiger partial charge is 0.394 e. The highest BCUT2D eigenvalue weighted by molar-refractivity contribution is 4.93. The molecule has 0 atom stereocenters. The summed E-state index contributed by atoms with van der Waals surface area (Å²) in [5.74, 6) is 0. The molecule has 0 aromatic heterocycles. The third kappa shape index (κ3) is 1.95. The van der Waals surface area contributed by atoms with Gasteiger partial charge in [-0.2, -0.15) is 0 Å². The fraction of sp³-hybridized carbons (Fsp3) is 1.00. The molecule has 2 fully saturated rings. The summed E-state index contributed by atoms with van der Waals surface area (Å²) in [6, 6.07) is 0. The maximum Gasteiger partial charge on any atom is 0.0615 e. The lowest BCUT2D eigenvalue weighted by atomic mass is 9.80. The fourth-order valence-electron chi connectivity index (χ4n) is 2.82. The number of hydrogen-bond donors (Lipinski definition) is 1. The lowest BCUT2D eigenvalue weighted by molar-refractivity contribution is -0.0594. The number of aliphatic hydroxyl groups excluding tert-OH is 1. The number of aliphatic hydroxyl groups is 1. The second kappa shape index (κ2) is 4.60. The van der Waals surface area contributed by atoms with Gasteiger partial charge in [-0.15, -0.1) is 0 Å². The number of rotatable bonds is 2. The molecule has 0 bridgehead atoms. The molecule has 0 aromatic rings. The molecule has 2 rings (SSSR count). The van der Waals surface area contributed by atoms with Gasteiger partial charge in [0.15, 0.2) is 0 Å². The van der Waals surface area contributed by atoms with Gasteiger partial charge in [0, 0.05) is 18.6 Å². The Morgan fingerprint density at radius 3 is 2.29 bits per heavy atom. The average molecular weight is 199 g/mol. The summed E-state index contributed by atoms with van der Waals surface area (Å²) in [5, 5.41) is 9.61. The first-order chi connectivity index (χ1) is 6.87. The van der Waals surface area contributed by atoms with Gasteiger partial charge >= 0.3 is 0 Å². The van der Waals surface area contributed by atoms with Crippen LogP contribution in [0.15, 0.2) is 0 Å². The van der Waals surface area contributed by atoms with Crippen LogP contribution >= 0.6 is 0 Å². The van der Waals surface area contributed by atoms with E-state index in [-0.39, 0.29) is 5.54 Å². The van der Waals surface area contributed by atoms with Gasteiger partial charge in [0.25, 0.3) is 0 Å². The molecule has 0 spiro atoms. The van der Waals surface area contributed by atoms with Crippen LogP contribution in [0.5, 0.6) is 0 Å². The smallest absolute Gasteiger partial charge is 0.0615 e. The lowest BCUT2D eigenvalue weighted by Crippen LogP contribution is -2.56. The number of morpholine rings is 1. The molecular weight excluding hydrogens is 178 g/mol. The molecule has 1 saturated heterocycles. The highest BCUT2D eigenvalue weighted by Crippen LogP contribution is 2.33. The van der Waals surface area contributed by atoms with Crippen molar-refractivity contribution < 1.29 is 9.84 Å². The molecule has 1 N–H and O–H groups in total. The summed E-state index contributed by atoms with van der Waals surface area (Å²) in [6.07, 6.45) is 6.23. The van der Waals surface area contributed by atoms with Crippen molar-refractivity contribution in [2.24, 2.45) is 0 Å². The fourth-order valence-corrected chi connectivity index (χ4v) is 2.82. The molecule has 1 aliphatic heterocycles. The quantitative estimate of drug-likeness (QED) is 0.720. The molecular formula is C11H21NO2. The summed E-state index contributed by atoms with van der Waals surface area (Å²) >= 11 is 0. The summed E-state index contributed by atoms with van der Waals surface area (Å²) in [5.41, 5.74) is 0.0992. The zero-order valence-electron chi connectivity index (χ0n) is 8.87. The van der Waals surface area contributed by atoms with Crippen molar-refractivity contribution in [3.63, 3.8) is 0 Å². The van der Waals surface area contributed by atoms with Crippen LogP contribution in [0.4, 0.5) is 0 Å². The zero-order chi connectivity index (χ0) is 9.86. The lowest BCUT2D eigenvalue weighted by Gasteiger charge is -2.47. The highest BCUT2D eigenvalue weighted by atomic mass is 16.5. The first kappa shape index (κ1) is 10.4. The van der Waals surface area contributed by atoms with E-state index in [1.54, 1.807) is 0 Å². The van der Waals surface area contributed by atoms with Crippen molar-refractivity contribution >= 4 is 0 Å². The monoisotopic (exact) mass is 199 g/mol. The van der Waals surface area contributed by atoms with Crippen molar-refractivity contribution in [1.82, 2.24) is 4.90 Å². The van der Waals surface area contributed by atoms with Gasteiger partial charge < -0.3 is 9.84 Å². The first-order valence-corrected chi connectivity index (χ1v) is 5.81. The second-order valence-electron chi connectivity index (χ2n) is 4.54. The molecule has 82 valence electrons. The van der Waals surface area contributed by atoms with Gasteiger partial charge in [-0.25, -0.2) is 0 Å². The molecule has 3 heteroatoms. The van der Waals surface area contributed by atoms with Crippen LogP contribution in [0.1, 0.15) is 32.1 Å². The van der Waals surface area contributed by atoms with Crippen LogP contribution in [0.2, 0.25) is 0 Å². The van der Waals surface area contributed by atoms with Gasteiger partial charge in [-0.1, -0.05) is 19.3 Å². The number of nitrogens with zero attached hydrogens (tertiary/aromatic N) is 1. The van der Waals surface area contributed by atoms with Gasteiger partial charge in [0.05, 0.1) is 19.8 Å². The Morgan fingerprint density at radius 2 is 1.71 bits per heavy atom. The van der Waals surface area contributed by atoms with E-state index in [9.17, 15) is 5.11 Å². The SMILES string of the molecule is OCC1(N2CCOCC2)CCCCC1. The van der Waals surface area contributed by atoms with Crippen LogP contribution in [0.3, 0.4) is 0 Å². The van der Waals surface area contributed by atoms with Crippen LogP contribution in [0, 0.1) is 0 Å². The first-order valence-electron chi connectivity index (χ1n) is 5.81. The molecule has 14 heavy (non-hydrogen) atoms. The summed E-state index contributed by atoms with van der Waals surface area (Å²) in [7, 11) is 0. The molecule has 0 amide bonds. The molecule has 1 aliphatic carbocycles. The topological polar surface area (TPSA) is 32.7 Å². The van der Waals surface area contributed by atoms with E-state index in [1.165, 1.54) is 32.1 Å². The van der Waals surface area contributed by atoms with Gasteiger partial charge in [0.2, 0.25) is 0 Å². The Bertz CT molecular complexity index is 172. The predicted molar refractivity (Wildman–Crippen MR) is 55.3 cm³/mol. The molecule has 1 saturated carbocycles. The summed E-state index contributed by atoms with van der Waals surface area (Å²) in [6.45, 7) is 4.00. The van der Waals surface area contributed by atoms with Gasteiger partial charge in [-0.05, 0) is 12.8 Å². The normalized spacial score (nSPS) is 28.9. The van der Waals surface area contributed by atoms with E-state index in [2.05, 4.69) is 4.90 Å². The molecule has 2 aliphatic rings. The van der Waals surface area contributed by atoms with E-state index in [4.69, 9.17) is 4.74 Å². The van der Waals surface area contributed by atoms with E-state index < -0.39 is 0 Å². The van der Waals surface area contributed by atoms with E-state index in [0.29, 0.717) is 6.61 Å². The molecule has 0 aromatic carbocycles. The van der Waals surface area contributed by atoms with Crippen molar-refractivity contribution in [2.75, 3.05) is 32.9 Å². The van der Waals surface area contributed by atoms with Crippen LogP contribution < -0.4 is 0 Å². The Labute approximate surface area is 86.0 Å². The third-order valence-electron chi connectivity index (χ3n) is 3.76. The van der Waals surface area contributed by atoms with E-state index in [1.807, 2.05) is 0 Å². The van der Waals surface area contributed by atoms with Crippen molar-refractivity contribution in [3.05, 3.63) is 0 Å². The molecule has 0 unspecified atom stereocenters. The maximum absolute atomic E-state index is 9.61. The average Bonchev–Trinajstić information content (AvgIpc) is 2.31. The molecule has 0 radical (unpaired) electrons. The number of ether oxygens (including phenoxy) is 1. The Hall–Kier alpha value is -0.120. The number of hydrogen-bond acceptors (Lipinski definition) is 3. The summed E-state index contributed by atoms with van der Waals surface area (Å²) in [4.78, 5) is 2.45. The minimum absolute atomic E-state index is 0.0992. The predicted octanol–water partition coefficient (Wildman–Crippen LogP) is 1.01. The van der Waals surface area contributed by atoms with Crippen LogP contribution in [-0.2, 0) is 4.74 Å².